The smallest absolute Gasteiger partial charge is 0.307 e. The lowest BCUT2D eigenvalue weighted by atomic mass is 10.0. The molecule has 0 aliphatic heterocycles. The van der Waals surface area contributed by atoms with Gasteiger partial charge in [-0.15, -0.1) is 0 Å². The number of methoxy groups -OCH3 is 1. The molecule has 0 saturated carbocycles. The van der Waals surface area contributed by atoms with Crippen LogP contribution in [0.15, 0.2) is 30.3 Å². The zero-order valence-corrected chi connectivity index (χ0v) is 15.4. The summed E-state index contributed by atoms with van der Waals surface area (Å²) in [5.74, 6) is 0.445. The van der Waals surface area contributed by atoms with E-state index in [4.69, 9.17) is 0 Å². The number of esters is 1. The third-order valence-corrected chi connectivity index (χ3v) is 3.73. The number of hydrogen-bond acceptors (Lipinski definition) is 3. The van der Waals surface area contributed by atoms with Crippen LogP contribution in [0.4, 0.5) is 0 Å². The molecule has 0 atom stereocenters. The van der Waals surface area contributed by atoms with Crippen molar-refractivity contribution in [2.24, 2.45) is 5.92 Å². The average Bonchev–Trinajstić information content (AvgIpc) is 2.56. The van der Waals surface area contributed by atoms with E-state index in [1.54, 1.807) is 11.0 Å². The highest BCUT2D eigenvalue weighted by Gasteiger charge is 2.14. The van der Waals surface area contributed by atoms with Crippen LogP contribution in [-0.4, -0.2) is 37.0 Å². The molecule has 132 valence electrons. The number of carbonyl (C=O) groups is 2. The van der Waals surface area contributed by atoms with Crippen LogP contribution in [0, 0.1) is 5.92 Å². The zero-order chi connectivity index (χ0) is 18.1. The number of ether oxygens (including phenoxy) is 1. The third-order valence-electron chi connectivity index (χ3n) is 3.73. The first-order valence-corrected chi connectivity index (χ1v) is 8.47. The summed E-state index contributed by atoms with van der Waals surface area (Å²) in [4.78, 5) is 25.4. The highest BCUT2D eigenvalue weighted by Crippen LogP contribution is 2.15. The average molecular weight is 331 g/mol. The summed E-state index contributed by atoms with van der Waals surface area (Å²) < 4.78 is 4.65. The first kappa shape index (κ1) is 19.9. The second kappa shape index (κ2) is 9.91. The van der Waals surface area contributed by atoms with Gasteiger partial charge in [0.05, 0.1) is 13.5 Å². The fourth-order valence-corrected chi connectivity index (χ4v) is 2.33. The van der Waals surface area contributed by atoms with Crippen molar-refractivity contribution in [1.82, 2.24) is 4.90 Å². The summed E-state index contributed by atoms with van der Waals surface area (Å²) in [5.41, 5.74) is 2.27. The third kappa shape index (κ3) is 6.99. The van der Waals surface area contributed by atoms with Gasteiger partial charge in [-0.05, 0) is 29.0 Å². The van der Waals surface area contributed by atoms with Gasteiger partial charge in [0.2, 0.25) is 5.91 Å². The number of amides is 1. The van der Waals surface area contributed by atoms with Gasteiger partial charge in [-0.3, -0.25) is 9.59 Å². The van der Waals surface area contributed by atoms with Crippen LogP contribution < -0.4 is 0 Å². The van der Waals surface area contributed by atoms with Crippen molar-refractivity contribution in [3.05, 3.63) is 41.5 Å². The highest BCUT2D eigenvalue weighted by molar-refractivity contribution is 5.92. The molecule has 0 radical (unpaired) electrons. The minimum atomic E-state index is -0.301. The normalized spacial score (nSPS) is 11.3. The first-order chi connectivity index (χ1) is 11.3. The highest BCUT2D eigenvalue weighted by atomic mass is 16.5. The molecule has 1 aromatic rings. The van der Waals surface area contributed by atoms with Crippen molar-refractivity contribution < 1.29 is 14.3 Å². The molecule has 24 heavy (non-hydrogen) atoms. The fraction of sp³-hybridized carbons (Fsp3) is 0.500. The zero-order valence-electron chi connectivity index (χ0n) is 15.4. The largest absolute Gasteiger partial charge is 0.469 e. The Bertz CT molecular complexity index is 559. The monoisotopic (exact) mass is 331 g/mol. The maximum atomic E-state index is 12.4. The number of carbonyl (C=O) groups excluding carboxylic acids is 2. The molecule has 4 nitrogen and oxygen atoms in total. The molecule has 0 aromatic heterocycles. The minimum Gasteiger partial charge on any atom is -0.469 e. The topological polar surface area (TPSA) is 46.6 Å². The van der Waals surface area contributed by atoms with Crippen LogP contribution in [0.2, 0.25) is 0 Å². The lowest BCUT2D eigenvalue weighted by Crippen LogP contribution is -2.34. The molecule has 1 rings (SSSR count). The van der Waals surface area contributed by atoms with Gasteiger partial charge < -0.3 is 9.64 Å². The van der Waals surface area contributed by atoms with Gasteiger partial charge in [-0.2, -0.15) is 0 Å². The van der Waals surface area contributed by atoms with Gasteiger partial charge in [-0.1, -0.05) is 52.0 Å². The molecule has 0 fully saturated rings. The molecule has 0 aliphatic rings. The van der Waals surface area contributed by atoms with Gasteiger partial charge in [0.1, 0.15) is 0 Å². The molecule has 0 spiro atoms. The maximum Gasteiger partial charge on any atom is 0.307 e. The predicted molar refractivity (Wildman–Crippen MR) is 97.6 cm³/mol. The molecule has 1 aromatic carbocycles. The maximum absolute atomic E-state index is 12.4. The number of hydrogen-bond donors (Lipinski definition) is 0. The van der Waals surface area contributed by atoms with Gasteiger partial charge in [0.15, 0.2) is 0 Å². The van der Waals surface area contributed by atoms with Crippen LogP contribution in [0.25, 0.3) is 6.08 Å². The number of rotatable bonds is 8. The van der Waals surface area contributed by atoms with Gasteiger partial charge in [-0.25, -0.2) is 0 Å². The second-order valence-electron chi connectivity index (χ2n) is 6.66. The van der Waals surface area contributed by atoms with E-state index < -0.39 is 0 Å². The van der Waals surface area contributed by atoms with E-state index in [1.165, 1.54) is 12.7 Å². The second-order valence-corrected chi connectivity index (χ2v) is 6.66. The van der Waals surface area contributed by atoms with Crippen molar-refractivity contribution in [2.45, 2.75) is 40.0 Å². The van der Waals surface area contributed by atoms with E-state index in [0.717, 1.165) is 5.56 Å². The first-order valence-electron chi connectivity index (χ1n) is 8.47. The Morgan fingerprint density at radius 1 is 1.12 bits per heavy atom. The molecule has 0 unspecified atom stereocenters. The standard InChI is InChI=1S/C20H29NO3/c1-15(2)14-21(13-12-20(23)24-5)19(22)11-8-17-6-9-18(10-7-17)16(3)4/h6-11,15-16H,12-14H2,1-5H3/b11-8+. The van der Waals surface area contributed by atoms with E-state index >= 15 is 0 Å². The molecular formula is C20H29NO3. The SMILES string of the molecule is COC(=O)CCN(CC(C)C)C(=O)/C=C/c1ccc(C(C)C)cc1. The van der Waals surface area contributed by atoms with Gasteiger partial charge in [0, 0.05) is 19.2 Å². The lowest BCUT2D eigenvalue weighted by Gasteiger charge is -2.22. The van der Waals surface area contributed by atoms with E-state index in [9.17, 15) is 9.59 Å². The molecular weight excluding hydrogens is 302 g/mol. The van der Waals surface area contributed by atoms with Crippen molar-refractivity contribution >= 4 is 18.0 Å². The Morgan fingerprint density at radius 3 is 2.25 bits per heavy atom. The molecule has 0 saturated heterocycles. The predicted octanol–water partition coefficient (Wildman–Crippen LogP) is 3.87. The van der Waals surface area contributed by atoms with Crippen LogP contribution in [0.1, 0.15) is 51.2 Å². The molecule has 0 heterocycles. The summed E-state index contributed by atoms with van der Waals surface area (Å²) in [7, 11) is 1.36. The minimum absolute atomic E-state index is 0.0828. The van der Waals surface area contributed by atoms with Crippen molar-refractivity contribution in [2.75, 3.05) is 20.2 Å². The van der Waals surface area contributed by atoms with Crippen LogP contribution in [0.5, 0.6) is 0 Å². The summed E-state index contributed by atoms with van der Waals surface area (Å²) >= 11 is 0. The van der Waals surface area contributed by atoms with Crippen LogP contribution >= 0.6 is 0 Å². The summed E-state index contributed by atoms with van der Waals surface area (Å²) in [6, 6.07) is 8.19. The van der Waals surface area contributed by atoms with Crippen molar-refractivity contribution in [3.8, 4) is 0 Å². The summed E-state index contributed by atoms with van der Waals surface area (Å²) in [5, 5.41) is 0. The Hall–Kier alpha value is -2.10. The Labute approximate surface area is 145 Å². The van der Waals surface area contributed by atoms with E-state index in [1.807, 2.05) is 32.1 Å². The Morgan fingerprint density at radius 2 is 1.75 bits per heavy atom. The van der Waals surface area contributed by atoms with Crippen molar-refractivity contribution in [1.29, 1.82) is 0 Å². The van der Waals surface area contributed by atoms with Crippen molar-refractivity contribution in [3.63, 3.8) is 0 Å². The van der Waals surface area contributed by atoms with Crippen LogP contribution in [-0.2, 0) is 14.3 Å². The molecule has 0 N–H and O–H groups in total. The molecule has 0 aliphatic carbocycles. The Balaban J connectivity index is 2.72. The van der Waals surface area contributed by atoms with Gasteiger partial charge >= 0.3 is 5.97 Å². The number of nitrogens with zero attached hydrogens (tertiary/aromatic N) is 1. The summed E-state index contributed by atoms with van der Waals surface area (Å²) in [6.07, 6.45) is 3.60. The van der Waals surface area contributed by atoms with E-state index in [0.29, 0.717) is 24.9 Å². The fourth-order valence-electron chi connectivity index (χ4n) is 2.33. The van der Waals surface area contributed by atoms with E-state index in [-0.39, 0.29) is 18.3 Å². The quantitative estimate of drug-likeness (QED) is 0.536. The lowest BCUT2D eigenvalue weighted by molar-refractivity contribution is -0.141. The van der Waals surface area contributed by atoms with E-state index in [2.05, 4.69) is 30.7 Å². The van der Waals surface area contributed by atoms with Gasteiger partial charge in [0.25, 0.3) is 0 Å². The molecule has 1 amide bonds. The number of benzene rings is 1. The van der Waals surface area contributed by atoms with Crippen LogP contribution in [0.3, 0.4) is 0 Å². The molecule has 4 heteroatoms. The molecule has 0 bridgehead atoms. The summed E-state index contributed by atoms with van der Waals surface area (Å²) in [6.45, 7) is 9.39. The Kier molecular flexibility index (Phi) is 8.24.